The van der Waals surface area contributed by atoms with Crippen molar-refractivity contribution in [2.75, 3.05) is 33.7 Å². The molecule has 0 unspecified atom stereocenters. The monoisotopic (exact) mass is 282 g/mol. The average Bonchev–Trinajstić information content (AvgIpc) is 2.77. The molecule has 0 radical (unpaired) electrons. The highest BCUT2D eigenvalue weighted by molar-refractivity contribution is 5.91. The van der Waals surface area contributed by atoms with Gasteiger partial charge in [-0.1, -0.05) is 6.92 Å². The summed E-state index contributed by atoms with van der Waals surface area (Å²) in [5.41, 5.74) is 3.12. The lowest BCUT2D eigenvalue weighted by atomic mass is 10.2. The summed E-state index contributed by atoms with van der Waals surface area (Å²) < 4.78 is 5.43. The Morgan fingerprint density at radius 3 is 2.65 bits per heavy atom. The SMILES string of the molecule is CCN(CCCN(C)C)Cc1cc(C(=O)NN)oc1C. The van der Waals surface area contributed by atoms with E-state index in [1.54, 1.807) is 6.07 Å². The van der Waals surface area contributed by atoms with Gasteiger partial charge in [0.1, 0.15) is 5.76 Å². The van der Waals surface area contributed by atoms with Gasteiger partial charge in [-0.2, -0.15) is 0 Å². The number of nitrogen functional groups attached to an aromatic ring is 1. The summed E-state index contributed by atoms with van der Waals surface area (Å²) in [4.78, 5) is 16.0. The number of nitrogens with two attached hydrogens (primary N) is 1. The predicted octanol–water partition coefficient (Wildman–Crippen LogP) is 0.965. The second-order valence-corrected chi connectivity index (χ2v) is 5.19. The molecule has 6 heteroatoms. The van der Waals surface area contributed by atoms with Gasteiger partial charge in [0.05, 0.1) is 0 Å². The Balaban J connectivity index is 2.60. The van der Waals surface area contributed by atoms with Gasteiger partial charge in [-0.05, 0) is 53.1 Å². The predicted molar refractivity (Wildman–Crippen MR) is 79.2 cm³/mol. The first-order valence-corrected chi connectivity index (χ1v) is 6.95. The van der Waals surface area contributed by atoms with Crippen molar-refractivity contribution >= 4 is 5.91 Å². The van der Waals surface area contributed by atoms with E-state index >= 15 is 0 Å². The zero-order valence-corrected chi connectivity index (χ0v) is 12.9. The first-order chi connectivity index (χ1) is 9.47. The molecule has 0 aromatic carbocycles. The van der Waals surface area contributed by atoms with Crippen molar-refractivity contribution in [3.05, 3.63) is 23.2 Å². The van der Waals surface area contributed by atoms with Crippen LogP contribution in [0.4, 0.5) is 0 Å². The molecule has 0 aliphatic heterocycles. The number of nitrogens with one attached hydrogen (secondary N) is 1. The first-order valence-electron chi connectivity index (χ1n) is 6.95. The number of hydrazine groups is 1. The number of rotatable bonds is 8. The van der Waals surface area contributed by atoms with Crippen LogP contribution in [-0.2, 0) is 6.54 Å². The van der Waals surface area contributed by atoms with Crippen LogP contribution in [0, 0.1) is 6.92 Å². The molecule has 0 spiro atoms. The average molecular weight is 282 g/mol. The molecule has 0 aliphatic rings. The molecule has 1 amide bonds. The molecular weight excluding hydrogens is 256 g/mol. The minimum atomic E-state index is -0.394. The Kier molecular flexibility index (Phi) is 6.70. The van der Waals surface area contributed by atoms with Gasteiger partial charge in [-0.15, -0.1) is 0 Å². The number of nitrogens with zero attached hydrogens (tertiary/aromatic N) is 2. The molecule has 1 rings (SSSR count). The van der Waals surface area contributed by atoms with Crippen molar-refractivity contribution in [1.29, 1.82) is 0 Å². The van der Waals surface area contributed by atoms with Gasteiger partial charge in [-0.3, -0.25) is 15.1 Å². The maximum absolute atomic E-state index is 11.4. The largest absolute Gasteiger partial charge is 0.456 e. The summed E-state index contributed by atoms with van der Waals surface area (Å²) in [7, 11) is 4.16. The van der Waals surface area contributed by atoms with Gasteiger partial charge in [-0.25, -0.2) is 5.84 Å². The molecule has 0 bridgehead atoms. The second kappa shape index (κ2) is 8.04. The molecular formula is C14H26N4O2. The Morgan fingerprint density at radius 2 is 2.10 bits per heavy atom. The quantitative estimate of drug-likeness (QED) is 0.422. The van der Waals surface area contributed by atoms with E-state index in [0.29, 0.717) is 0 Å². The van der Waals surface area contributed by atoms with E-state index in [0.717, 1.165) is 43.9 Å². The van der Waals surface area contributed by atoms with Gasteiger partial charge < -0.3 is 9.32 Å². The summed E-state index contributed by atoms with van der Waals surface area (Å²) >= 11 is 0. The molecule has 20 heavy (non-hydrogen) atoms. The smallest absolute Gasteiger partial charge is 0.300 e. The lowest BCUT2D eigenvalue weighted by Crippen LogP contribution is -2.29. The molecule has 1 heterocycles. The van der Waals surface area contributed by atoms with Gasteiger partial charge in [0.25, 0.3) is 0 Å². The topological polar surface area (TPSA) is 74.7 Å². The molecule has 0 aliphatic carbocycles. The van der Waals surface area contributed by atoms with E-state index in [4.69, 9.17) is 10.3 Å². The van der Waals surface area contributed by atoms with Crippen LogP contribution in [0.25, 0.3) is 0 Å². The highest BCUT2D eigenvalue weighted by Gasteiger charge is 2.15. The maximum atomic E-state index is 11.4. The molecule has 1 aromatic rings. The molecule has 0 atom stereocenters. The lowest BCUT2D eigenvalue weighted by Gasteiger charge is -2.21. The van der Waals surface area contributed by atoms with E-state index in [9.17, 15) is 4.79 Å². The number of carbonyl (C=O) groups excluding carboxylic acids is 1. The van der Waals surface area contributed by atoms with Crippen LogP contribution < -0.4 is 11.3 Å². The fraction of sp³-hybridized carbons (Fsp3) is 0.643. The Hall–Kier alpha value is -1.37. The summed E-state index contributed by atoms with van der Waals surface area (Å²) in [6.07, 6.45) is 1.12. The Morgan fingerprint density at radius 1 is 1.40 bits per heavy atom. The van der Waals surface area contributed by atoms with E-state index in [2.05, 4.69) is 36.2 Å². The van der Waals surface area contributed by atoms with Crippen molar-refractivity contribution in [2.24, 2.45) is 5.84 Å². The Labute approximate surface area is 120 Å². The minimum Gasteiger partial charge on any atom is -0.456 e. The van der Waals surface area contributed by atoms with Crippen molar-refractivity contribution in [2.45, 2.75) is 26.8 Å². The van der Waals surface area contributed by atoms with Gasteiger partial charge in [0.15, 0.2) is 5.76 Å². The molecule has 0 saturated carbocycles. The van der Waals surface area contributed by atoms with E-state index in [-0.39, 0.29) is 5.76 Å². The van der Waals surface area contributed by atoms with Crippen molar-refractivity contribution in [3.63, 3.8) is 0 Å². The number of hydrogen-bond donors (Lipinski definition) is 2. The van der Waals surface area contributed by atoms with Crippen molar-refractivity contribution < 1.29 is 9.21 Å². The normalized spacial score (nSPS) is 11.3. The molecule has 6 nitrogen and oxygen atoms in total. The van der Waals surface area contributed by atoms with E-state index in [1.807, 2.05) is 6.92 Å². The van der Waals surface area contributed by atoms with Gasteiger partial charge in [0.2, 0.25) is 0 Å². The fourth-order valence-electron chi connectivity index (χ4n) is 2.06. The fourth-order valence-corrected chi connectivity index (χ4v) is 2.06. The number of hydrogen-bond acceptors (Lipinski definition) is 5. The third kappa shape index (κ3) is 4.96. The molecule has 0 fully saturated rings. The number of aryl methyl sites for hydroxylation is 1. The van der Waals surface area contributed by atoms with Crippen LogP contribution in [-0.4, -0.2) is 49.4 Å². The number of carbonyl (C=O) groups is 1. The number of amides is 1. The van der Waals surface area contributed by atoms with Crippen molar-refractivity contribution in [1.82, 2.24) is 15.2 Å². The Bertz CT molecular complexity index is 429. The van der Waals surface area contributed by atoms with Crippen LogP contribution in [0.15, 0.2) is 10.5 Å². The maximum Gasteiger partial charge on any atom is 0.300 e. The molecule has 0 saturated heterocycles. The second-order valence-electron chi connectivity index (χ2n) is 5.19. The van der Waals surface area contributed by atoms with Gasteiger partial charge >= 0.3 is 5.91 Å². The summed E-state index contributed by atoms with van der Waals surface area (Å²) in [6, 6.07) is 1.77. The highest BCUT2D eigenvalue weighted by Crippen LogP contribution is 2.16. The third-order valence-corrected chi connectivity index (χ3v) is 3.30. The van der Waals surface area contributed by atoms with Crippen LogP contribution in [0.2, 0.25) is 0 Å². The zero-order chi connectivity index (χ0) is 15.1. The third-order valence-electron chi connectivity index (χ3n) is 3.30. The van der Waals surface area contributed by atoms with Gasteiger partial charge in [0, 0.05) is 12.1 Å². The minimum absolute atomic E-state index is 0.268. The molecule has 114 valence electrons. The molecule has 3 N–H and O–H groups in total. The number of furan rings is 1. The summed E-state index contributed by atoms with van der Waals surface area (Å²) in [6.45, 7) is 7.86. The van der Waals surface area contributed by atoms with Crippen molar-refractivity contribution in [3.8, 4) is 0 Å². The van der Waals surface area contributed by atoms with Crippen LogP contribution >= 0.6 is 0 Å². The lowest BCUT2D eigenvalue weighted by molar-refractivity contribution is 0.0924. The first kappa shape index (κ1) is 16.7. The standard InChI is InChI=1S/C14H26N4O2/c1-5-18(8-6-7-17(3)4)10-12-9-13(14(19)16-15)20-11(12)2/h9H,5-8,10,15H2,1-4H3,(H,16,19). The zero-order valence-electron chi connectivity index (χ0n) is 12.9. The van der Waals surface area contributed by atoms with Crippen LogP contribution in [0.1, 0.15) is 35.2 Å². The molecule has 1 aromatic heterocycles. The summed E-state index contributed by atoms with van der Waals surface area (Å²) in [5.74, 6) is 5.76. The van der Waals surface area contributed by atoms with Crippen LogP contribution in [0.5, 0.6) is 0 Å². The summed E-state index contributed by atoms with van der Waals surface area (Å²) in [5, 5.41) is 0. The highest BCUT2D eigenvalue weighted by atomic mass is 16.4. The van der Waals surface area contributed by atoms with Crippen LogP contribution in [0.3, 0.4) is 0 Å². The van der Waals surface area contributed by atoms with E-state index in [1.165, 1.54) is 0 Å². The van der Waals surface area contributed by atoms with E-state index < -0.39 is 5.91 Å².